The third kappa shape index (κ3) is 7.94. The van der Waals surface area contributed by atoms with Gasteiger partial charge in [-0.2, -0.15) is 13.2 Å². The van der Waals surface area contributed by atoms with Crippen molar-refractivity contribution in [2.75, 3.05) is 0 Å². The average Bonchev–Trinajstić information content (AvgIpc) is 3.36. The monoisotopic (exact) mass is 596 g/mol. The van der Waals surface area contributed by atoms with E-state index in [4.69, 9.17) is 4.74 Å². The van der Waals surface area contributed by atoms with Gasteiger partial charge in [-0.3, -0.25) is 9.78 Å². The fraction of sp³-hybridized carbons (Fsp3) is 0.290. The van der Waals surface area contributed by atoms with Crippen molar-refractivity contribution in [1.29, 1.82) is 0 Å². The second kappa shape index (κ2) is 12.3. The number of halogens is 3. The number of thiazole rings is 1. The predicted molar refractivity (Wildman–Crippen MR) is 156 cm³/mol. The van der Waals surface area contributed by atoms with Crippen LogP contribution < -0.4 is 10.6 Å². The molecule has 2 N–H and O–H groups in total. The van der Waals surface area contributed by atoms with Gasteiger partial charge >= 0.3 is 12.3 Å². The van der Waals surface area contributed by atoms with E-state index in [0.717, 1.165) is 34.0 Å². The largest absolute Gasteiger partial charge is 0.444 e. The van der Waals surface area contributed by atoms with Crippen LogP contribution in [0.5, 0.6) is 0 Å². The maximum Gasteiger partial charge on any atom is 0.416 e. The Morgan fingerprint density at radius 3 is 2.33 bits per heavy atom. The minimum absolute atomic E-state index is 0.0247. The highest BCUT2D eigenvalue weighted by molar-refractivity contribution is 7.09. The Labute approximate surface area is 246 Å². The number of aryl methyl sites for hydroxylation is 1. The molecule has 4 rings (SSSR count). The van der Waals surface area contributed by atoms with Crippen LogP contribution in [0.2, 0.25) is 0 Å². The molecule has 2 aromatic carbocycles. The second-order valence-corrected chi connectivity index (χ2v) is 11.8. The molecule has 7 nitrogen and oxygen atoms in total. The van der Waals surface area contributed by atoms with Gasteiger partial charge in [0.15, 0.2) is 0 Å². The van der Waals surface area contributed by atoms with Gasteiger partial charge in [-0.1, -0.05) is 30.3 Å². The minimum Gasteiger partial charge on any atom is -0.444 e. The van der Waals surface area contributed by atoms with Crippen LogP contribution in [0.3, 0.4) is 0 Å². The highest BCUT2D eigenvalue weighted by atomic mass is 32.1. The van der Waals surface area contributed by atoms with Gasteiger partial charge in [0.2, 0.25) is 0 Å². The number of benzene rings is 2. The Kier molecular flexibility index (Phi) is 9.00. The molecule has 0 spiro atoms. The van der Waals surface area contributed by atoms with Crippen LogP contribution in [0.4, 0.5) is 18.0 Å². The van der Waals surface area contributed by atoms with Crippen LogP contribution in [0, 0.1) is 6.92 Å². The SMILES string of the molecule is Cc1nc(-c2ccnc(C(=O)N[C@H](C)c3ccc(-c4cc(C(F)(F)F)ccc4CNC(=O)OC(C)(C)C)cc3)c2)cs1. The quantitative estimate of drug-likeness (QED) is 0.228. The van der Waals surface area contributed by atoms with Crippen molar-refractivity contribution in [2.45, 2.75) is 59.0 Å². The number of alkyl halides is 3. The van der Waals surface area contributed by atoms with Gasteiger partial charge < -0.3 is 15.4 Å². The van der Waals surface area contributed by atoms with Crippen LogP contribution in [0.1, 0.15) is 65.9 Å². The summed E-state index contributed by atoms with van der Waals surface area (Å²) in [6.07, 6.45) is -3.65. The summed E-state index contributed by atoms with van der Waals surface area (Å²) in [6.45, 7) is 8.85. The standard InChI is InChI=1S/C31H31F3N4O3S/c1-18(37-28(39)26-14-22(12-13-35-26)27-17-42-19(2)38-27)20-6-8-21(9-7-20)25-15-24(31(32,33)34)11-10-23(25)16-36-29(40)41-30(3,4)5/h6-15,17-18H,16H2,1-5H3,(H,36,40)(H,37,39)/t18-/m1/s1. The van der Waals surface area contributed by atoms with Gasteiger partial charge in [-0.25, -0.2) is 9.78 Å². The lowest BCUT2D eigenvalue weighted by molar-refractivity contribution is -0.137. The molecule has 2 heterocycles. The first-order chi connectivity index (χ1) is 19.7. The van der Waals surface area contributed by atoms with Gasteiger partial charge in [0.1, 0.15) is 11.3 Å². The number of amides is 2. The molecule has 220 valence electrons. The van der Waals surface area contributed by atoms with Gasteiger partial charge in [-0.15, -0.1) is 11.3 Å². The zero-order valence-electron chi connectivity index (χ0n) is 23.8. The Morgan fingerprint density at radius 1 is 1.00 bits per heavy atom. The minimum atomic E-state index is -4.53. The summed E-state index contributed by atoms with van der Waals surface area (Å²) in [5.74, 6) is -0.367. The van der Waals surface area contributed by atoms with E-state index >= 15 is 0 Å². The number of carbonyl (C=O) groups excluding carboxylic acids is 2. The Hall–Kier alpha value is -4.25. The lowest BCUT2D eigenvalue weighted by atomic mass is 9.95. The molecule has 2 amide bonds. The molecule has 1 atom stereocenters. The number of ether oxygens (including phenoxy) is 1. The van der Waals surface area contributed by atoms with Gasteiger partial charge in [0, 0.05) is 23.7 Å². The van der Waals surface area contributed by atoms with Crippen LogP contribution in [-0.4, -0.2) is 27.6 Å². The molecule has 4 aromatic rings. The lowest BCUT2D eigenvalue weighted by Gasteiger charge is -2.20. The molecular formula is C31H31F3N4O3S. The van der Waals surface area contributed by atoms with Crippen molar-refractivity contribution in [3.63, 3.8) is 0 Å². The van der Waals surface area contributed by atoms with E-state index < -0.39 is 29.5 Å². The molecule has 0 unspecified atom stereocenters. The number of aromatic nitrogens is 2. The summed E-state index contributed by atoms with van der Waals surface area (Å²) in [5.41, 5.74) is 2.37. The number of hydrogen-bond donors (Lipinski definition) is 2. The first kappa shape index (κ1) is 30.7. The zero-order valence-corrected chi connectivity index (χ0v) is 24.6. The molecule has 11 heteroatoms. The smallest absolute Gasteiger partial charge is 0.416 e. The Bertz CT molecular complexity index is 1580. The van der Waals surface area contributed by atoms with E-state index in [1.807, 2.05) is 12.3 Å². The maximum absolute atomic E-state index is 13.5. The van der Waals surface area contributed by atoms with Gasteiger partial charge in [0.05, 0.1) is 22.3 Å². The van der Waals surface area contributed by atoms with Crippen LogP contribution >= 0.6 is 11.3 Å². The van der Waals surface area contributed by atoms with E-state index in [9.17, 15) is 22.8 Å². The highest BCUT2D eigenvalue weighted by Gasteiger charge is 2.31. The molecule has 0 saturated heterocycles. The van der Waals surface area contributed by atoms with E-state index in [1.54, 1.807) is 70.3 Å². The third-order valence-corrected chi connectivity index (χ3v) is 7.01. The molecule has 0 radical (unpaired) electrons. The molecule has 42 heavy (non-hydrogen) atoms. The lowest BCUT2D eigenvalue weighted by Crippen LogP contribution is -2.32. The second-order valence-electron chi connectivity index (χ2n) is 10.7. The maximum atomic E-state index is 13.5. The molecular weight excluding hydrogens is 565 g/mol. The van der Waals surface area contributed by atoms with Crippen molar-refractivity contribution < 1.29 is 27.5 Å². The van der Waals surface area contributed by atoms with Crippen LogP contribution in [0.15, 0.2) is 66.2 Å². The topological polar surface area (TPSA) is 93.2 Å². The van der Waals surface area contributed by atoms with Gasteiger partial charge in [0.25, 0.3) is 5.91 Å². The fourth-order valence-electron chi connectivity index (χ4n) is 4.17. The fourth-order valence-corrected chi connectivity index (χ4v) is 4.79. The van der Waals surface area contributed by atoms with E-state index in [1.165, 1.54) is 17.4 Å². The summed E-state index contributed by atoms with van der Waals surface area (Å²) >= 11 is 1.52. The van der Waals surface area contributed by atoms with Gasteiger partial charge in [-0.05, 0) is 81.1 Å². The van der Waals surface area contributed by atoms with E-state index in [2.05, 4.69) is 20.6 Å². The first-order valence-corrected chi connectivity index (χ1v) is 14.0. The van der Waals surface area contributed by atoms with E-state index in [0.29, 0.717) is 16.7 Å². The third-order valence-electron chi connectivity index (χ3n) is 6.24. The number of nitrogens with one attached hydrogen (secondary N) is 2. The average molecular weight is 597 g/mol. The molecule has 2 aromatic heterocycles. The highest BCUT2D eigenvalue weighted by Crippen LogP contribution is 2.34. The van der Waals surface area contributed by atoms with Crippen LogP contribution in [0.25, 0.3) is 22.4 Å². The number of alkyl carbamates (subject to hydrolysis) is 1. The number of hydrogen-bond acceptors (Lipinski definition) is 6. The number of nitrogens with zero attached hydrogens (tertiary/aromatic N) is 2. The van der Waals surface area contributed by atoms with Crippen molar-refractivity contribution in [2.24, 2.45) is 0 Å². The number of carbonyl (C=O) groups is 2. The normalized spacial score (nSPS) is 12.5. The number of pyridine rings is 1. The van der Waals surface area contributed by atoms with E-state index in [-0.39, 0.29) is 18.1 Å². The molecule has 0 saturated carbocycles. The van der Waals surface area contributed by atoms with Crippen LogP contribution in [-0.2, 0) is 17.5 Å². The number of rotatable bonds is 7. The molecule has 0 aliphatic heterocycles. The van der Waals surface area contributed by atoms with Crippen molar-refractivity contribution in [3.05, 3.63) is 93.6 Å². The summed E-state index contributed by atoms with van der Waals surface area (Å²) < 4.78 is 45.8. The van der Waals surface area contributed by atoms with Crippen molar-refractivity contribution in [3.8, 4) is 22.4 Å². The Morgan fingerprint density at radius 2 is 1.71 bits per heavy atom. The van der Waals surface area contributed by atoms with Crippen molar-refractivity contribution >= 4 is 23.3 Å². The predicted octanol–water partition coefficient (Wildman–Crippen LogP) is 7.72. The first-order valence-electron chi connectivity index (χ1n) is 13.2. The summed E-state index contributed by atoms with van der Waals surface area (Å²) in [6, 6.07) is 13.3. The summed E-state index contributed by atoms with van der Waals surface area (Å²) in [7, 11) is 0. The molecule has 0 bridgehead atoms. The molecule has 0 aliphatic rings. The zero-order chi connectivity index (χ0) is 30.7. The summed E-state index contributed by atoms with van der Waals surface area (Å²) in [4.78, 5) is 33.7. The molecule has 0 fully saturated rings. The Balaban J connectivity index is 1.51. The van der Waals surface area contributed by atoms with Crippen molar-refractivity contribution in [1.82, 2.24) is 20.6 Å². The molecule has 0 aliphatic carbocycles. The summed E-state index contributed by atoms with van der Waals surface area (Å²) in [5, 5.41) is 8.36.